The van der Waals surface area contributed by atoms with Crippen molar-refractivity contribution in [2.45, 2.75) is 27.3 Å². The van der Waals surface area contributed by atoms with Gasteiger partial charge >= 0.3 is 0 Å². The van der Waals surface area contributed by atoms with Crippen LogP contribution in [0.1, 0.15) is 32.2 Å². The Labute approximate surface area is 123 Å². The van der Waals surface area contributed by atoms with Gasteiger partial charge < -0.3 is 10.6 Å². The zero-order valence-corrected chi connectivity index (χ0v) is 13.0. The molecule has 20 heavy (non-hydrogen) atoms. The molecule has 0 fully saturated rings. The summed E-state index contributed by atoms with van der Waals surface area (Å²) in [5, 5.41) is 2.99. The highest BCUT2D eigenvalue weighted by Gasteiger charge is 2.16. The molecule has 0 radical (unpaired) electrons. The number of thiazole rings is 1. The van der Waals surface area contributed by atoms with Crippen LogP contribution in [0.5, 0.6) is 0 Å². The van der Waals surface area contributed by atoms with Crippen LogP contribution in [-0.4, -0.2) is 22.8 Å². The van der Waals surface area contributed by atoms with E-state index in [0.717, 1.165) is 21.8 Å². The number of amides is 1. The summed E-state index contributed by atoms with van der Waals surface area (Å²) in [6, 6.07) is 3.71. The quantitative estimate of drug-likeness (QED) is 0.884. The molecule has 1 aromatic heterocycles. The lowest BCUT2D eigenvalue weighted by atomic mass is 10.0. The number of aromatic nitrogens is 1. The summed E-state index contributed by atoms with van der Waals surface area (Å²) in [6.45, 7) is 6.34. The predicted octanol–water partition coefficient (Wildman–Crippen LogP) is 2.92. The molecule has 1 aromatic carbocycles. The van der Waals surface area contributed by atoms with Crippen LogP contribution in [0.25, 0.3) is 0 Å². The maximum atomic E-state index is 12.5. The molecule has 2 aromatic rings. The number of hydrogen-bond acceptors (Lipinski definition) is 4. The van der Waals surface area contributed by atoms with Crippen LogP contribution in [-0.2, 0) is 6.54 Å². The second-order valence-corrected chi connectivity index (χ2v) is 6.11. The first-order valence-electron chi connectivity index (χ1n) is 6.41. The van der Waals surface area contributed by atoms with Gasteiger partial charge in [0.2, 0.25) is 0 Å². The minimum absolute atomic E-state index is 0.0279. The molecule has 1 amide bonds. The SMILES string of the molecule is Cc1nc(CN(C)C(=O)c2cc(N)c(C)cc2C)cs1. The lowest BCUT2D eigenvalue weighted by Gasteiger charge is -2.18. The van der Waals surface area contributed by atoms with Crippen LogP contribution in [0.3, 0.4) is 0 Å². The second-order valence-electron chi connectivity index (χ2n) is 5.04. The number of carbonyl (C=O) groups is 1. The van der Waals surface area contributed by atoms with Crippen molar-refractivity contribution in [1.29, 1.82) is 0 Å². The van der Waals surface area contributed by atoms with Gasteiger partial charge in [0.1, 0.15) is 0 Å². The third kappa shape index (κ3) is 2.99. The Morgan fingerprint density at radius 3 is 2.60 bits per heavy atom. The third-order valence-electron chi connectivity index (χ3n) is 3.26. The highest BCUT2D eigenvalue weighted by molar-refractivity contribution is 7.09. The summed E-state index contributed by atoms with van der Waals surface area (Å²) >= 11 is 1.59. The number of rotatable bonds is 3. The standard InChI is InChI=1S/C15H19N3OS/c1-9-5-10(2)14(16)6-13(9)15(19)18(4)7-12-8-20-11(3)17-12/h5-6,8H,7,16H2,1-4H3. The average Bonchev–Trinajstić information content (AvgIpc) is 2.78. The molecule has 0 saturated carbocycles. The van der Waals surface area contributed by atoms with E-state index < -0.39 is 0 Å². The van der Waals surface area contributed by atoms with Gasteiger partial charge in [-0.25, -0.2) is 4.98 Å². The molecule has 5 heteroatoms. The molecular weight excluding hydrogens is 270 g/mol. The first kappa shape index (κ1) is 14.5. The molecule has 0 bridgehead atoms. The molecule has 0 aliphatic carbocycles. The van der Waals surface area contributed by atoms with Crippen molar-refractivity contribution in [1.82, 2.24) is 9.88 Å². The Balaban J connectivity index is 2.20. The number of anilines is 1. The maximum Gasteiger partial charge on any atom is 0.254 e. The third-order valence-corrected chi connectivity index (χ3v) is 4.08. The van der Waals surface area contributed by atoms with E-state index in [-0.39, 0.29) is 5.91 Å². The van der Waals surface area contributed by atoms with Crippen molar-refractivity contribution in [3.8, 4) is 0 Å². The molecule has 106 valence electrons. The van der Waals surface area contributed by atoms with Crippen molar-refractivity contribution in [3.63, 3.8) is 0 Å². The lowest BCUT2D eigenvalue weighted by molar-refractivity contribution is 0.0783. The number of hydrogen-bond donors (Lipinski definition) is 1. The lowest BCUT2D eigenvalue weighted by Crippen LogP contribution is -2.27. The summed E-state index contributed by atoms with van der Waals surface area (Å²) in [7, 11) is 1.78. The van der Waals surface area contributed by atoms with Gasteiger partial charge in [-0.1, -0.05) is 6.07 Å². The largest absolute Gasteiger partial charge is 0.398 e. The molecule has 0 aliphatic rings. The Morgan fingerprint density at radius 1 is 1.30 bits per heavy atom. The number of nitrogens with zero attached hydrogens (tertiary/aromatic N) is 2. The average molecular weight is 289 g/mol. The van der Waals surface area contributed by atoms with Crippen molar-refractivity contribution < 1.29 is 4.79 Å². The van der Waals surface area contributed by atoms with Gasteiger partial charge in [0.05, 0.1) is 17.2 Å². The summed E-state index contributed by atoms with van der Waals surface area (Å²) in [4.78, 5) is 18.5. The number of nitrogens with two attached hydrogens (primary N) is 1. The van der Waals surface area contributed by atoms with Gasteiger partial charge in [-0.05, 0) is 38.0 Å². The van der Waals surface area contributed by atoms with Gasteiger partial charge in [0.15, 0.2) is 0 Å². The van der Waals surface area contributed by atoms with E-state index in [1.807, 2.05) is 32.2 Å². The Morgan fingerprint density at radius 2 is 2.00 bits per heavy atom. The van der Waals surface area contributed by atoms with Crippen LogP contribution >= 0.6 is 11.3 Å². The molecule has 2 N–H and O–H groups in total. The van der Waals surface area contributed by atoms with E-state index in [1.165, 1.54) is 0 Å². The van der Waals surface area contributed by atoms with Gasteiger partial charge in [0, 0.05) is 23.7 Å². The first-order valence-corrected chi connectivity index (χ1v) is 7.29. The van der Waals surface area contributed by atoms with Crippen molar-refractivity contribution in [2.75, 3.05) is 12.8 Å². The second kappa shape index (κ2) is 5.63. The smallest absolute Gasteiger partial charge is 0.254 e. The number of carbonyl (C=O) groups excluding carboxylic acids is 1. The minimum atomic E-state index is -0.0279. The van der Waals surface area contributed by atoms with E-state index in [2.05, 4.69) is 4.98 Å². The molecule has 0 spiro atoms. The minimum Gasteiger partial charge on any atom is -0.398 e. The van der Waals surface area contributed by atoms with Gasteiger partial charge in [-0.15, -0.1) is 11.3 Å². The fourth-order valence-corrected chi connectivity index (χ4v) is 2.70. The molecule has 2 rings (SSSR count). The topological polar surface area (TPSA) is 59.2 Å². The van der Waals surface area contributed by atoms with Crippen molar-refractivity contribution in [3.05, 3.63) is 44.9 Å². The monoisotopic (exact) mass is 289 g/mol. The van der Waals surface area contributed by atoms with Gasteiger partial charge in [0.25, 0.3) is 5.91 Å². The highest BCUT2D eigenvalue weighted by atomic mass is 32.1. The zero-order chi connectivity index (χ0) is 14.9. The van der Waals surface area contributed by atoms with Crippen LogP contribution in [0.2, 0.25) is 0 Å². The zero-order valence-electron chi connectivity index (χ0n) is 12.2. The Kier molecular flexibility index (Phi) is 4.09. The Hall–Kier alpha value is -1.88. The molecule has 0 unspecified atom stereocenters. The molecule has 4 nitrogen and oxygen atoms in total. The first-order chi connectivity index (χ1) is 9.38. The molecule has 1 heterocycles. The van der Waals surface area contributed by atoms with Crippen molar-refractivity contribution >= 4 is 22.9 Å². The van der Waals surface area contributed by atoms with Crippen molar-refractivity contribution in [2.24, 2.45) is 0 Å². The molecule has 0 aliphatic heterocycles. The van der Waals surface area contributed by atoms with Crippen LogP contribution in [0.4, 0.5) is 5.69 Å². The summed E-state index contributed by atoms with van der Waals surface area (Å²) < 4.78 is 0. The fourth-order valence-electron chi connectivity index (χ4n) is 2.10. The number of nitrogen functional groups attached to an aromatic ring is 1. The van der Waals surface area contributed by atoms with Gasteiger partial charge in [-0.3, -0.25) is 4.79 Å². The highest BCUT2D eigenvalue weighted by Crippen LogP contribution is 2.20. The van der Waals surface area contributed by atoms with E-state index in [1.54, 1.807) is 29.4 Å². The fraction of sp³-hybridized carbons (Fsp3) is 0.333. The van der Waals surface area contributed by atoms with Crippen LogP contribution < -0.4 is 5.73 Å². The normalized spacial score (nSPS) is 10.6. The number of aryl methyl sites for hydroxylation is 3. The molecule has 0 atom stereocenters. The van der Waals surface area contributed by atoms with Gasteiger partial charge in [-0.2, -0.15) is 0 Å². The summed E-state index contributed by atoms with van der Waals surface area (Å²) in [5.41, 5.74) is 10.1. The Bertz CT molecular complexity index is 649. The van der Waals surface area contributed by atoms with E-state index >= 15 is 0 Å². The summed E-state index contributed by atoms with van der Waals surface area (Å²) in [6.07, 6.45) is 0. The molecule has 0 saturated heterocycles. The van der Waals surface area contributed by atoms with E-state index in [0.29, 0.717) is 17.8 Å². The number of benzene rings is 1. The van der Waals surface area contributed by atoms with E-state index in [4.69, 9.17) is 5.73 Å². The van der Waals surface area contributed by atoms with Crippen LogP contribution in [0.15, 0.2) is 17.5 Å². The maximum absolute atomic E-state index is 12.5. The predicted molar refractivity (Wildman–Crippen MR) is 83.0 cm³/mol. The summed E-state index contributed by atoms with van der Waals surface area (Å²) in [5.74, 6) is -0.0279. The van der Waals surface area contributed by atoms with E-state index in [9.17, 15) is 4.79 Å². The molecular formula is C15H19N3OS. The van der Waals surface area contributed by atoms with Crippen LogP contribution in [0, 0.1) is 20.8 Å².